The molecule has 0 aromatic carbocycles. The van der Waals surface area contributed by atoms with Crippen molar-refractivity contribution >= 4 is 10.0 Å². The molecular formula is C6H14N2O2S. The Bertz CT molecular complexity index is 221. The van der Waals surface area contributed by atoms with Crippen molar-refractivity contribution in [3.63, 3.8) is 0 Å². The summed E-state index contributed by atoms with van der Waals surface area (Å²) in [6, 6.07) is 0.364. The monoisotopic (exact) mass is 178 g/mol. The highest BCUT2D eigenvalue weighted by molar-refractivity contribution is 7.89. The standard InChI is InChI=1S/C6H14N2O2S/c1-5(11(7,9)10)8-6-3-2-4-6/h5-6,8H,2-4H2,1H3,(H2,7,9,10). The minimum absolute atomic E-state index is 0.364. The van der Waals surface area contributed by atoms with Crippen molar-refractivity contribution in [3.8, 4) is 0 Å². The summed E-state index contributed by atoms with van der Waals surface area (Å²) in [5, 5.41) is 7.26. The van der Waals surface area contributed by atoms with Crippen LogP contribution >= 0.6 is 0 Å². The van der Waals surface area contributed by atoms with E-state index in [-0.39, 0.29) is 0 Å². The van der Waals surface area contributed by atoms with Crippen LogP contribution in [0.3, 0.4) is 0 Å². The van der Waals surface area contributed by atoms with E-state index in [9.17, 15) is 8.42 Å². The highest BCUT2D eigenvalue weighted by Crippen LogP contribution is 2.18. The first kappa shape index (κ1) is 8.96. The lowest BCUT2D eigenvalue weighted by Crippen LogP contribution is -2.46. The molecule has 0 radical (unpaired) electrons. The van der Waals surface area contributed by atoms with E-state index in [0.717, 1.165) is 12.8 Å². The predicted octanol–water partition coefficient (Wildman–Crippen LogP) is -0.237. The number of hydrogen-bond acceptors (Lipinski definition) is 3. The van der Waals surface area contributed by atoms with Gasteiger partial charge in [0.05, 0.1) is 0 Å². The Morgan fingerprint density at radius 1 is 1.55 bits per heavy atom. The highest BCUT2D eigenvalue weighted by Gasteiger charge is 2.23. The van der Waals surface area contributed by atoms with E-state index >= 15 is 0 Å². The van der Waals surface area contributed by atoms with E-state index in [1.165, 1.54) is 6.42 Å². The Morgan fingerprint density at radius 3 is 2.36 bits per heavy atom. The summed E-state index contributed by atoms with van der Waals surface area (Å²) in [6.07, 6.45) is 3.33. The van der Waals surface area contributed by atoms with Gasteiger partial charge in [0, 0.05) is 6.04 Å². The molecule has 3 N–H and O–H groups in total. The Hall–Kier alpha value is -0.130. The van der Waals surface area contributed by atoms with E-state index < -0.39 is 15.4 Å². The van der Waals surface area contributed by atoms with Crippen molar-refractivity contribution in [2.45, 2.75) is 37.6 Å². The van der Waals surface area contributed by atoms with E-state index in [2.05, 4.69) is 5.32 Å². The molecule has 0 bridgehead atoms. The molecule has 1 saturated carbocycles. The lowest BCUT2D eigenvalue weighted by atomic mass is 9.93. The van der Waals surface area contributed by atoms with Crippen LogP contribution in [0, 0.1) is 0 Å². The maximum absolute atomic E-state index is 10.7. The second-order valence-electron chi connectivity index (χ2n) is 3.03. The van der Waals surface area contributed by atoms with Gasteiger partial charge in [-0.3, -0.25) is 5.32 Å². The molecule has 1 rings (SSSR count). The molecule has 1 atom stereocenters. The summed E-state index contributed by atoms with van der Waals surface area (Å²) >= 11 is 0. The maximum Gasteiger partial charge on any atom is 0.224 e. The first-order chi connectivity index (χ1) is 5.00. The zero-order chi connectivity index (χ0) is 8.48. The van der Waals surface area contributed by atoms with Crippen molar-refractivity contribution in [1.82, 2.24) is 5.32 Å². The van der Waals surface area contributed by atoms with Crippen LogP contribution < -0.4 is 10.5 Å². The van der Waals surface area contributed by atoms with Crippen LogP contribution in [0.2, 0.25) is 0 Å². The first-order valence-corrected chi connectivity index (χ1v) is 5.39. The molecule has 5 heteroatoms. The quantitative estimate of drug-likeness (QED) is 0.626. The van der Waals surface area contributed by atoms with Gasteiger partial charge in [-0.25, -0.2) is 13.6 Å². The number of nitrogens with two attached hydrogens (primary N) is 1. The van der Waals surface area contributed by atoms with Crippen molar-refractivity contribution in [2.24, 2.45) is 5.14 Å². The minimum atomic E-state index is -3.39. The second kappa shape index (κ2) is 3.08. The van der Waals surface area contributed by atoms with Gasteiger partial charge in [-0.05, 0) is 19.8 Å². The van der Waals surface area contributed by atoms with Crippen molar-refractivity contribution < 1.29 is 8.42 Å². The van der Waals surface area contributed by atoms with Crippen LogP contribution in [-0.2, 0) is 10.0 Å². The topological polar surface area (TPSA) is 72.2 Å². The fraction of sp³-hybridized carbons (Fsp3) is 1.00. The first-order valence-electron chi connectivity index (χ1n) is 3.78. The molecule has 1 unspecified atom stereocenters. The predicted molar refractivity (Wildman–Crippen MR) is 43.3 cm³/mol. The third-order valence-electron chi connectivity index (χ3n) is 2.07. The minimum Gasteiger partial charge on any atom is -0.297 e. The molecular weight excluding hydrogens is 164 g/mol. The average molecular weight is 178 g/mol. The van der Waals surface area contributed by atoms with E-state index in [1.807, 2.05) is 0 Å². The molecule has 0 aromatic rings. The third-order valence-corrected chi connectivity index (χ3v) is 3.19. The molecule has 0 aliphatic heterocycles. The molecule has 0 saturated heterocycles. The smallest absolute Gasteiger partial charge is 0.224 e. The van der Waals surface area contributed by atoms with Crippen LogP contribution in [0.4, 0.5) is 0 Å². The molecule has 1 aliphatic carbocycles. The Kier molecular flexibility index (Phi) is 2.51. The summed E-state index contributed by atoms with van der Waals surface area (Å²) in [5.41, 5.74) is 0. The molecule has 0 amide bonds. The Balaban J connectivity index is 2.36. The summed E-state index contributed by atoms with van der Waals surface area (Å²) in [6.45, 7) is 1.58. The van der Waals surface area contributed by atoms with Crippen LogP contribution in [0.25, 0.3) is 0 Å². The normalized spacial score (nSPS) is 22.7. The van der Waals surface area contributed by atoms with Crippen LogP contribution in [-0.4, -0.2) is 19.8 Å². The number of hydrogen-bond donors (Lipinski definition) is 2. The van der Waals surface area contributed by atoms with Gasteiger partial charge in [0.2, 0.25) is 10.0 Å². The van der Waals surface area contributed by atoms with Gasteiger partial charge < -0.3 is 0 Å². The van der Waals surface area contributed by atoms with Gasteiger partial charge in [-0.15, -0.1) is 0 Å². The van der Waals surface area contributed by atoms with Crippen molar-refractivity contribution in [2.75, 3.05) is 0 Å². The molecule has 0 heterocycles. The van der Waals surface area contributed by atoms with Gasteiger partial charge >= 0.3 is 0 Å². The fourth-order valence-corrected chi connectivity index (χ4v) is 1.38. The van der Waals surface area contributed by atoms with Crippen molar-refractivity contribution in [1.29, 1.82) is 0 Å². The summed E-state index contributed by atoms with van der Waals surface area (Å²) in [5.74, 6) is 0. The maximum atomic E-state index is 10.7. The van der Waals surface area contributed by atoms with Gasteiger partial charge in [0.15, 0.2) is 0 Å². The van der Waals surface area contributed by atoms with Crippen LogP contribution in [0.1, 0.15) is 26.2 Å². The zero-order valence-corrected chi connectivity index (χ0v) is 7.39. The number of nitrogens with one attached hydrogen (secondary N) is 1. The highest BCUT2D eigenvalue weighted by atomic mass is 32.2. The second-order valence-corrected chi connectivity index (χ2v) is 4.91. The summed E-state index contributed by atoms with van der Waals surface area (Å²) < 4.78 is 21.4. The average Bonchev–Trinajstić information content (AvgIpc) is 1.75. The molecule has 0 spiro atoms. The van der Waals surface area contributed by atoms with Crippen LogP contribution in [0.15, 0.2) is 0 Å². The van der Waals surface area contributed by atoms with Gasteiger partial charge in [-0.2, -0.15) is 0 Å². The molecule has 1 aliphatic rings. The molecule has 4 nitrogen and oxygen atoms in total. The largest absolute Gasteiger partial charge is 0.297 e. The molecule has 1 fully saturated rings. The van der Waals surface area contributed by atoms with E-state index in [4.69, 9.17) is 5.14 Å². The van der Waals surface area contributed by atoms with Gasteiger partial charge in [0.25, 0.3) is 0 Å². The van der Waals surface area contributed by atoms with Gasteiger partial charge in [0.1, 0.15) is 5.37 Å². The number of rotatable bonds is 3. The Labute approximate surface area is 67.2 Å². The van der Waals surface area contributed by atoms with E-state index in [0.29, 0.717) is 6.04 Å². The molecule has 0 aromatic heterocycles. The fourth-order valence-electron chi connectivity index (χ4n) is 1.00. The molecule has 11 heavy (non-hydrogen) atoms. The third kappa shape index (κ3) is 2.43. The zero-order valence-electron chi connectivity index (χ0n) is 6.58. The lowest BCUT2D eigenvalue weighted by molar-refractivity contribution is 0.334. The lowest BCUT2D eigenvalue weighted by Gasteiger charge is -2.28. The SMILES string of the molecule is CC(NC1CCC1)S(N)(=O)=O. The van der Waals surface area contributed by atoms with Crippen LogP contribution in [0.5, 0.6) is 0 Å². The van der Waals surface area contributed by atoms with Crippen molar-refractivity contribution in [3.05, 3.63) is 0 Å². The summed E-state index contributed by atoms with van der Waals surface area (Å²) in [4.78, 5) is 0. The summed E-state index contributed by atoms with van der Waals surface area (Å²) in [7, 11) is -3.39. The number of sulfonamides is 1. The molecule has 66 valence electrons. The van der Waals surface area contributed by atoms with Gasteiger partial charge in [-0.1, -0.05) is 6.42 Å². The number of primary sulfonamides is 1. The van der Waals surface area contributed by atoms with E-state index in [1.54, 1.807) is 6.92 Å². The Morgan fingerprint density at radius 2 is 2.09 bits per heavy atom.